The Morgan fingerprint density at radius 3 is 2.68 bits per heavy atom. The summed E-state index contributed by atoms with van der Waals surface area (Å²) in [6, 6.07) is 8.56. The molecule has 3 aromatic rings. The normalized spacial score (nSPS) is 14.0. The number of nitrogens with zero attached hydrogens (tertiary/aromatic N) is 1. The number of aromatic nitrogens is 1. The molecule has 0 aliphatic carbocycles. The van der Waals surface area contributed by atoms with E-state index in [1.807, 2.05) is 13.0 Å². The molecule has 7 nitrogen and oxygen atoms in total. The molecule has 0 spiro atoms. The summed E-state index contributed by atoms with van der Waals surface area (Å²) in [5.74, 6) is -1.43. The maximum atomic E-state index is 14.2. The summed E-state index contributed by atoms with van der Waals surface area (Å²) in [5, 5.41) is 2.98. The number of hydrogen-bond donors (Lipinski definition) is 2. The predicted molar refractivity (Wildman–Crippen MR) is 140 cm³/mol. The number of morpholine rings is 1. The number of pyridine rings is 1. The Kier molecular flexibility index (Phi) is 8.73. The van der Waals surface area contributed by atoms with Crippen molar-refractivity contribution in [2.24, 2.45) is 0 Å². The number of benzene rings is 2. The molecule has 2 aromatic carbocycles. The minimum atomic E-state index is -0.744. The zero-order valence-corrected chi connectivity index (χ0v) is 22.2. The molecule has 1 aliphatic heterocycles. The van der Waals surface area contributed by atoms with Crippen molar-refractivity contribution in [3.05, 3.63) is 85.2 Å². The van der Waals surface area contributed by atoms with Crippen LogP contribution in [0.25, 0.3) is 11.1 Å². The SMILES string of the molecule is Cc1[nH]c(=O)c(Br)c(OCc2ccc(F)cc2F)c1-c1cccc(C(=O)NCCN2CCOCC2)c1C. The van der Waals surface area contributed by atoms with E-state index in [1.54, 1.807) is 19.1 Å². The number of rotatable bonds is 8. The van der Waals surface area contributed by atoms with Gasteiger partial charge in [-0.1, -0.05) is 12.1 Å². The minimum absolute atomic E-state index is 0.135. The summed E-state index contributed by atoms with van der Waals surface area (Å²) in [5.41, 5.74) is 2.70. The first kappa shape index (κ1) is 27.0. The Bertz CT molecular complexity index is 1360. The van der Waals surface area contributed by atoms with Crippen molar-refractivity contribution in [2.45, 2.75) is 20.5 Å². The Hall–Kier alpha value is -3.08. The molecule has 0 atom stereocenters. The first-order chi connectivity index (χ1) is 17.8. The lowest BCUT2D eigenvalue weighted by Gasteiger charge is -2.26. The molecule has 0 radical (unpaired) electrons. The van der Waals surface area contributed by atoms with Gasteiger partial charge in [-0.25, -0.2) is 8.78 Å². The summed E-state index contributed by atoms with van der Waals surface area (Å²) >= 11 is 3.29. The number of carbonyl (C=O) groups is 1. The van der Waals surface area contributed by atoms with Crippen molar-refractivity contribution in [2.75, 3.05) is 39.4 Å². The molecule has 0 unspecified atom stereocenters. The number of aromatic amines is 1. The monoisotopic (exact) mass is 575 g/mol. The van der Waals surface area contributed by atoms with Crippen LogP contribution in [-0.4, -0.2) is 55.2 Å². The molecule has 2 N–H and O–H groups in total. The lowest BCUT2D eigenvalue weighted by molar-refractivity contribution is 0.0383. The van der Waals surface area contributed by atoms with Crippen LogP contribution >= 0.6 is 15.9 Å². The van der Waals surface area contributed by atoms with E-state index >= 15 is 0 Å². The number of ether oxygens (including phenoxy) is 2. The summed E-state index contributed by atoms with van der Waals surface area (Å²) < 4.78 is 38.9. The third-order valence-corrected chi connectivity index (χ3v) is 7.07. The standard InChI is InChI=1S/C27H28BrF2N3O4/c1-16-20(4-3-5-21(16)26(34)31-8-9-33-10-12-36-13-11-33)23-17(2)32-27(35)24(28)25(23)37-15-18-6-7-19(29)14-22(18)30/h3-7,14H,8-13,15H2,1-2H3,(H,31,34)(H,32,35). The third kappa shape index (κ3) is 6.26. The van der Waals surface area contributed by atoms with Gasteiger partial charge in [0.25, 0.3) is 11.5 Å². The smallest absolute Gasteiger partial charge is 0.266 e. The number of H-pyrrole nitrogens is 1. The maximum absolute atomic E-state index is 14.2. The van der Waals surface area contributed by atoms with Crippen LogP contribution in [0.15, 0.2) is 45.7 Å². The van der Waals surface area contributed by atoms with Crippen LogP contribution in [0.5, 0.6) is 5.75 Å². The molecule has 4 rings (SSSR count). The second-order valence-electron chi connectivity index (χ2n) is 8.81. The molecule has 1 aromatic heterocycles. The Morgan fingerprint density at radius 1 is 1.19 bits per heavy atom. The fraction of sp³-hybridized carbons (Fsp3) is 0.333. The highest BCUT2D eigenvalue weighted by atomic mass is 79.9. The molecule has 1 aliphatic rings. The van der Waals surface area contributed by atoms with Crippen molar-refractivity contribution >= 4 is 21.8 Å². The second kappa shape index (κ2) is 12.0. The molecular weight excluding hydrogens is 548 g/mol. The number of carbonyl (C=O) groups excluding carboxylic acids is 1. The highest BCUT2D eigenvalue weighted by Gasteiger charge is 2.22. The fourth-order valence-corrected chi connectivity index (χ4v) is 4.73. The van der Waals surface area contributed by atoms with Crippen LogP contribution in [0, 0.1) is 25.5 Å². The van der Waals surface area contributed by atoms with Gasteiger partial charge in [0.05, 0.1) is 13.2 Å². The molecule has 1 amide bonds. The van der Waals surface area contributed by atoms with Crippen LogP contribution in [0.2, 0.25) is 0 Å². The highest BCUT2D eigenvalue weighted by molar-refractivity contribution is 9.10. The van der Waals surface area contributed by atoms with Gasteiger partial charge in [0.1, 0.15) is 28.5 Å². The maximum Gasteiger partial charge on any atom is 0.266 e. The van der Waals surface area contributed by atoms with Gasteiger partial charge in [-0.2, -0.15) is 0 Å². The second-order valence-corrected chi connectivity index (χ2v) is 9.60. The average Bonchev–Trinajstić information content (AvgIpc) is 2.87. The Morgan fingerprint density at radius 2 is 1.95 bits per heavy atom. The molecule has 196 valence electrons. The summed E-state index contributed by atoms with van der Waals surface area (Å²) in [4.78, 5) is 30.6. The van der Waals surface area contributed by atoms with Crippen molar-refractivity contribution in [1.82, 2.24) is 15.2 Å². The first-order valence-corrected chi connectivity index (χ1v) is 12.7. The average molecular weight is 576 g/mol. The van der Waals surface area contributed by atoms with Crippen LogP contribution in [0.4, 0.5) is 8.78 Å². The number of aryl methyl sites for hydroxylation is 1. The van der Waals surface area contributed by atoms with E-state index in [0.29, 0.717) is 47.7 Å². The van der Waals surface area contributed by atoms with E-state index < -0.39 is 17.2 Å². The highest BCUT2D eigenvalue weighted by Crippen LogP contribution is 2.39. The van der Waals surface area contributed by atoms with Crippen molar-refractivity contribution < 1.29 is 23.0 Å². The van der Waals surface area contributed by atoms with Gasteiger partial charge in [0.2, 0.25) is 0 Å². The molecule has 0 saturated carbocycles. The largest absolute Gasteiger partial charge is 0.487 e. The first-order valence-electron chi connectivity index (χ1n) is 11.9. The molecular formula is C27H28BrF2N3O4. The lowest BCUT2D eigenvalue weighted by atomic mass is 9.94. The van der Waals surface area contributed by atoms with Gasteiger partial charge in [0.15, 0.2) is 0 Å². The van der Waals surface area contributed by atoms with E-state index in [2.05, 4.69) is 31.1 Å². The molecule has 10 heteroatoms. The van der Waals surface area contributed by atoms with Gasteiger partial charge >= 0.3 is 0 Å². The molecule has 2 heterocycles. The van der Waals surface area contributed by atoms with E-state index in [4.69, 9.17) is 9.47 Å². The van der Waals surface area contributed by atoms with Crippen LogP contribution < -0.4 is 15.6 Å². The van der Waals surface area contributed by atoms with E-state index in [9.17, 15) is 18.4 Å². The zero-order valence-electron chi connectivity index (χ0n) is 20.6. The van der Waals surface area contributed by atoms with Gasteiger partial charge in [0, 0.05) is 54.6 Å². The minimum Gasteiger partial charge on any atom is -0.487 e. The van der Waals surface area contributed by atoms with Crippen molar-refractivity contribution in [3.8, 4) is 16.9 Å². The Labute approximate surface area is 221 Å². The number of halogens is 3. The summed E-state index contributed by atoms with van der Waals surface area (Å²) in [6.45, 7) is 7.65. The summed E-state index contributed by atoms with van der Waals surface area (Å²) in [7, 11) is 0. The van der Waals surface area contributed by atoms with E-state index in [1.165, 1.54) is 6.07 Å². The lowest BCUT2D eigenvalue weighted by Crippen LogP contribution is -2.41. The molecule has 1 fully saturated rings. The summed E-state index contributed by atoms with van der Waals surface area (Å²) in [6.07, 6.45) is 0. The van der Waals surface area contributed by atoms with Crippen molar-refractivity contribution in [1.29, 1.82) is 0 Å². The number of amides is 1. The zero-order chi connectivity index (χ0) is 26.5. The topological polar surface area (TPSA) is 83.7 Å². The predicted octanol–water partition coefficient (Wildman–Crippen LogP) is 4.34. The van der Waals surface area contributed by atoms with E-state index in [-0.39, 0.29) is 28.3 Å². The van der Waals surface area contributed by atoms with Gasteiger partial charge < -0.3 is 19.8 Å². The Balaban J connectivity index is 1.61. The van der Waals surface area contributed by atoms with Gasteiger partial charge in [-0.15, -0.1) is 0 Å². The quantitative estimate of drug-likeness (QED) is 0.417. The van der Waals surface area contributed by atoms with Crippen LogP contribution in [0.1, 0.15) is 27.2 Å². The third-order valence-electron chi connectivity index (χ3n) is 6.35. The fourth-order valence-electron chi connectivity index (χ4n) is 4.32. The molecule has 0 bridgehead atoms. The van der Waals surface area contributed by atoms with Crippen LogP contribution in [-0.2, 0) is 11.3 Å². The number of hydrogen-bond acceptors (Lipinski definition) is 5. The van der Waals surface area contributed by atoms with Gasteiger partial charge in [-0.05, 0) is 59.1 Å². The van der Waals surface area contributed by atoms with E-state index in [0.717, 1.165) is 31.8 Å². The number of nitrogens with one attached hydrogen (secondary N) is 2. The molecule has 37 heavy (non-hydrogen) atoms. The molecule has 1 saturated heterocycles. The van der Waals surface area contributed by atoms with Crippen LogP contribution in [0.3, 0.4) is 0 Å². The van der Waals surface area contributed by atoms with Crippen molar-refractivity contribution in [3.63, 3.8) is 0 Å². The van der Waals surface area contributed by atoms with Gasteiger partial charge in [-0.3, -0.25) is 14.5 Å².